The lowest BCUT2D eigenvalue weighted by Gasteiger charge is -2.16. The molecule has 4 nitrogen and oxygen atoms in total. The van der Waals surface area contributed by atoms with Crippen molar-refractivity contribution in [1.29, 1.82) is 0 Å². The highest BCUT2D eigenvalue weighted by atomic mass is 16.5. The summed E-state index contributed by atoms with van der Waals surface area (Å²) in [6, 6.07) is 7.44. The molecule has 0 spiro atoms. The fourth-order valence-corrected chi connectivity index (χ4v) is 2.48. The number of aliphatic hydroxyl groups excluding tert-OH is 1. The summed E-state index contributed by atoms with van der Waals surface area (Å²) in [6.45, 7) is 2.75. The summed E-state index contributed by atoms with van der Waals surface area (Å²) < 4.78 is 5.56. The van der Waals surface area contributed by atoms with Gasteiger partial charge in [-0.1, -0.05) is 24.8 Å². The number of carbonyl (C=O) groups excluding carboxylic acids is 1. The van der Waals surface area contributed by atoms with E-state index in [1.165, 1.54) is 0 Å². The lowest BCUT2D eigenvalue weighted by atomic mass is 9.98. The first-order valence-corrected chi connectivity index (χ1v) is 7.37. The normalized spacial score (nSPS) is 20.7. The third-order valence-electron chi connectivity index (χ3n) is 3.55. The van der Waals surface area contributed by atoms with Gasteiger partial charge in [-0.25, -0.2) is 0 Å². The monoisotopic (exact) mass is 287 g/mol. The lowest BCUT2D eigenvalue weighted by molar-refractivity contribution is -0.121. The van der Waals surface area contributed by atoms with Crippen molar-refractivity contribution in [2.75, 3.05) is 18.5 Å². The van der Waals surface area contributed by atoms with Gasteiger partial charge in [-0.3, -0.25) is 4.79 Å². The second kappa shape index (κ2) is 7.82. The number of benzene rings is 1. The second-order valence-electron chi connectivity index (χ2n) is 5.06. The Balaban J connectivity index is 2.01. The van der Waals surface area contributed by atoms with Gasteiger partial charge in [0.2, 0.25) is 5.91 Å². The van der Waals surface area contributed by atoms with E-state index in [0.717, 1.165) is 24.1 Å². The molecule has 1 aromatic carbocycles. The van der Waals surface area contributed by atoms with E-state index in [1.807, 2.05) is 31.2 Å². The summed E-state index contributed by atoms with van der Waals surface area (Å²) in [5.41, 5.74) is 1.58. The Morgan fingerprint density at radius 2 is 2.38 bits per heavy atom. The van der Waals surface area contributed by atoms with Crippen LogP contribution in [0.25, 0.3) is 0 Å². The van der Waals surface area contributed by atoms with E-state index in [1.54, 1.807) is 0 Å². The van der Waals surface area contributed by atoms with Gasteiger partial charge in [0.25, 0.3) is 0 Å². The number of carbonyl (C=O) groups is 1. The van der Waals surface area contributed by atoms with E-state index < -0.39 is 0 Å². The fraction of sp³-hybridized carbons (Fsp3) is 0.471. The average molecular weight is 287 g/mol. The summed E-state index contributed by atoms with van der Waals surface area (Å²) >= 11 is 0. The fourth-order valence-electron chi connectivity index (χ4n) is 2.48. The van der Waals surface area contributed by atoms with Crippen LogP contribution in [0.4, 0.5) is 5.69 Å². The Hall–Kier alpha value is -1.83. The Morgan fingerprint density at radius 1 is 1.52 bits per heavy atom. The zero-order valence-electron chi connectivity index (χ0n) is 12.3. The van der Waals surface area contributed by atoms with Gasteiger partial charge in [-0.2, -0.15) is 0 Å². The third-order valence-corrected chi connectivity index (χ3v) is 3.55. The van der Waals surface area contributed by atoms with Gasteiger partial charge >= 0.3 is 0 Å². The number of amides is 1. The van der Waals surface area contributed by atoms with E-state index in [4.69, 9.17) is 9.84 Å². The minimum Gasteiger partial charge on any atom is -0.395 e. The van der Waals surface area contributed by atoms with Crippen LogP contribution in [-0.2, 0) is 9.53 Å². The van der Waals surface area contributed by atoms with Crippen LogP contribution in [0.1, 0.15) is 31.7 Å². The molecule has 1 aromatic rings. The first-order valence-electron chi connectivity index (χ1n) is 7.37. The van der Waals surface area contributed by atoms with Gasteiger partial charge in [-0.05, 0) is 31.0 Å². The first-order chi connectivity index (χ1) is 10.2. The van der Waals surface area contributed by atoms with E-state index in [-0.39, 0.29) is 24.5 Å². The molecule has 0 saturated carbocycles. The van der Waals surface area contributed by atoms with Crippen LogP contribution in [0.5, 0.6) is 0 Å². The highest BCUT2D eigenvalue weighted by Crippen LogP contribution is 2.25. The molecule has 2 atom stereocenters. The minimum atomic E-state index is -0.0703. The van der Waals surface area contributed by atoms with Gasteiger partial charge in [0.15, 0.2) is 0 Å². The SMILES string of the molecule is CCC1OCCC1C(=O)Nc1cccc(C#CCCO)c1. The van der Waals surface area contributed by atoms with Crippen molar-refractivity contribution in [1.82, 2.24) is 0 Å². The van der Waals surface area contributed by atoms with Crippen molar-refractivity contribution in [2.45, 2.75) is 32.3 Å². The van der Waals surface area contributed by atoms with Crippen molar-refractivity contribution in [3.8, 4) is 11.8 Å². The van der Waals surface area contributed by atoms with Crippen LogP contribution >= 0.6 is 0 Å². The van der Waals surface area contributed by atoms with E-state index in [9.17, 15) is 4.79 Å². The zero-order valence-corrected chi connectivity index (χ0v) is 12.3. The highest BCUT2D eigenvalue weighted by Gasteiger charge is 2.32. The molecule has 4 heteroatoms. The summed E-state index contributed by atoms with van der Waals surface area (Å²) in [6.07, 6.45) is 2.11. The maximum absolute atomic E-state index is 12.3. The Bertz CT molecular complexity index is 544. The molecule has 2 rings (SSSR count). The molecule has 1 amide bonds. The number of ether oxygens (including phenoxy) is 1. The molecule has 112 valence electrons. The molecule has 1 heterocycles. The van der Waals surface area contributed by atoms with Crippen LogP contribution in [0.15, 0.2) is 24.3 Å². The standard InChI is InChI=1S/C17H21NO3/c1-2-16-15(9-11-21-16)17(20)18-14-8-5-7-13(12-14)6-3-4-10-19/h5,7-8,12,15-16,19H,2,4,9-11H2,1H3,(H,18,20). The van der Waals surface area contributed by atoms with Crippen LogP contribution in [0.3, 0.4) is 0 Å². The highest BCUT2D eigenvalue weighted by molar-refractivity contribution is 5.93. The van der Waals surface area contributed by atoms with Crippen LogP contribution in [0.2, 0.25) is 0 Å². The van der Waals surface area contributed by atoms with Gasteiger partial charge in [0.1, 0.15) is 0 Å². The smallest absolute Gasteiger partial charge is 0.230 e. The van der Waals surface area contributed by atoms with Gasteiger partial charge in [-0.15, -0.1) is 0 Å². The predicted molar refractivity (Wildman–Crippen MR) is 81.8 cm³/mol. The summed E-state index contributed by atoms with van der Waals surface area (Å²) in [4.78, 5) is 12.3. The first kappa shape index (κ1) is 15.6. The molecule has 0 aliphatic carbocycles. The summed E-state index contributed by atoms with van der Waals surface area (Å²) in [7, 11) is 0. The van der Waals surface area contributed by atoms with Crippen molar-refractivity contribution >= 4 is 11.6 Å². The Morgan fingerprint density at radius 3 is 3.14 bits per heavy atom. The van der Waals surface area contributed by atoms with Crippen molar-refractivity contribution in [2.24, 2.45) is 5.92 Å². The topological polar surface area (TPSA) is 58.6 Å². The molecule has 2 N–H and O–H groups in total. The molecule has 0 bridgehead atoms. The van der Waals surface area contributed by atoms with Crippen LogP contribution < -0.4 is 5.32 Å². The Labute approximate surface area is 125 Å². The molecular formula is C17H21NO3. The third kappa shape index (κ3) is 4.32. The second-order valence-corrected chi connectivity index (χ2v) is 5.06. The number of anilines is 1. The van der Waals surface area contributed by atoms with E-state index in [0.29, 0.717) is 13.0 Å². The molecule has 1 saturated heterocycles. The van der Waals surface area contributed by atoms with Gasteiger partial charge in [0.05, 0.1) is 18.6 Å². The number of rotatable bonds is 4. The lowest BCUT2D eigenvalue weighted by Crippen LogP contribution is -2.29. The van der Waals surface area contributed by atoms with Crippen molar-refractivity contribution in [3.05, 3.63) is 29.8 Å². The van der Waals surface area contributed by atoms with Crippen LogP contribution in [-0.4, -0.2) is 30.3 Å². The maximum Gasteiger partial charge on any atom is 0.230 e. The zero-order chi connectivity index (χ0) is 15.1. The summed E-state index contributed by atoms with van der Waals surface area (Å²) in [5.74, 6) is 5.78. The van der Waals surface area contributed by atoms with E-state index in [2.05, 4.69) is 17.2 Å². The number of aliphatic hydroxyl groups is 1. The van der Waals surface area contributed by atoms with Crippen LogP contribution in [0, 0.1) is 17.8 Å². The molecule has 0 radical (unpaired) electrons. The molecule has 1 aliphatic heterocycles. The largest absolute Gasteiger partial charge is 0.395 e. The van der Waals surface area contributed by atoms with Gasteiger partial charge < -0.3 is 15.2 Å². The van der Waals surface area contributed by atoms with Crippen molar-refractivity contribution < 1.29 is 14.6 Å². The average Bonchev–Trinajstić information content (AvgIpc) is 2.96. The van der Waals surface area contributed by atoms with E-state index >= 15 is 0 Å². The molecule has 0 aromatic heterocycles. The minimum absolute atomic E-state index is 0.0137. The maximum atomic E-state index is 12.3. The quantitative estimate of drug-likeness (QED) is 0.834. The molecule has 1 fully saturated rings. The Kier molecular flexibility index (Phi) is 5.79. The number of hydrogen-bond acceptors (Lipinski definition) is 3. The molecule has 1 aliphatic rings. The van der Waals surface area contributed by atoms with Crippen molar-refractivity contribution in [3.63, 3.8) is 0 Å². The number of nitrogens with one attached hydrogen (secondary N) is 1. The predicted octanol–water partition coefficient (Wildman–Crippen LogP) is 2.17. The number of hydrogen-bond donors (Lipinski definition) is 2. The molecule has 21 heavy (non-hydrogen) atoms. The molecular weight excluding hydrogens is 266 g/mol. The molecule has 2 unspecified atom stereocenters. The van der Waals surface area contributed by atoms with Gasteiger partial charge in [0, 0.05) is 24.3 Å². The summed E-state index contributed by atoms with van der Waals surface area (Å²) in [5, 5.41) is 11.7.